The Morgan fingerprint density at radius 3 is 2.60 bits per heavy atom. The van der Waals surface area contributed by atoms with Gasteiger partial charge in [-0.3, -0.25) is 14.4 Å². The second-order valence-electron chi connectivity index (χ2n) is 4.86. The Hall–Kier alpha value is -2.81. The fourth-order valence-electron chi connectivity index (χ4n) is 1.87. The summed E-state index contributed by atoms with van der Waals surface area (Å²) in [4.78, 5) is 41.5. The van der Waals surface area contributed by atoms with Crippen molar-refractivity contribution in [2.45, 2.75) is 11.6 Å². The second kappa shape index (κ2) is 8.88. The van der Waals surface area contributed by atoms with Crippen molar-refractivity contribution >= 4 is 29.3 Å². The number of aromatic nitrogens is 2. The van der Waals surface area contributed by atoms with E-state index in [1.165, 1.54) is 13.2 Å². The summed E-state index contributed by atoms with van der Waals surface area (Å²) in [7, 11) is 2.82. The average molecular weight is 363 g/mol. The number of amides is 1. The summed E-state index contributed by atoms with van der Waals surface area (Å²) in [6.45, 7) is 0. The number of methoxy groups -OCH3 is 2. The Morgan fingerprint density at radius 1 is 1.24 bits per heavy atom. The third kappa shape index (κ3) is 5.96. The van der Waals surface area contributed by atoms with Gasteiger partial charge in [-0.05, 0) is 24.3 Å². The lowest BCUT2D eigenvalue weighted by atomic mass is 10.3. The molecule has 1 heterocycles. The van der Waals surface area contributed by atoms with Crippen LogP contribution >= 0.6 is 11.8 Å². The number of carbonyl (C=O) groups is 2. The van der Waals surface area contributed by atoms with Crippen LogP contribution in [0.25, 0.3) is 0 Å². The topological polar surface area (TPSA) is 110 Å². The highest BCUT2D eigenvalue weighted by Crippen LogP contribution is 2.16. The predicted molar refractivity (Wildman–Crippen MR) is 92.9 cm³/mol. The van der Waals surface area contributed by atoms with Crippen LogP contribution in [-0.4, -0.2) is 41.8 Å². The normalized spacial score (nSPS) is 10.2. The quantitative estimate of drug-likeness (QED) is 0.432. The third-order valence-electron chi connectivity index (χ3n) is 3.04. The van der Waals surface area contributed by atoms with E-state index in [0.717, 1.165) is 11.8 Å². The highest BCUT2D eigenvalue weighted by Gasteiger charge is 2.10. The Labute approximate surface area is 148 Å². The zero-order valence-corrected chi connectivity index (χ0v) is 14.5. The molecular formula is C16H17N3O5S. The van der Waals surface area contributed by atoms with Crippen LogP contribution in [0, 0.1) is 0 Å². The van der Waals surface area contributed by atoms with Gasteiger partial charge in [-0.15, -0.1) is 0 Å². The number of thioether (sulfide) groups is 1. The van der Waals surface area contributed by atoms with E-state index in [1.54, 1.807) is 31.4 Å². The van der Waals surface area contributed by atoms with Crippen molar-refractivity contribution in [2.75, 3.05) is 25.3 Å². The highest BCUT2D eigenvalue weighted by molar-refractivity contribution is 7.99. The fraction of sp³-hybridized carbons (Fsp3) is 0.250. The maximum absolute atomic E-state index is 12.0. The molecule has 1 aromatic carbocycles. The molecule has 132 valence electrons. The Balaban J connectivity index is 1.94. The van der Waals surface area contributed by atoms with Crippen molar-refractivity contribution in [1.29, 1.82) is 0 Å². The number of esters is 1. The molecule has 0 saturated heterocycles. The minimum atomic E-state index is -0.494. The van der Waals surface area contributed by atoms with Crippen molar-refractivity contribution in [2.24, 2.45) is 0 Å². The van der Waals surface area contributed by atoms with Gasteiger partial charge in [0.1, 0.15) is 5.75 Å². The number of H-pyrrole nitrogens is 1. The molecule has 0 saturated carbocycles. The second-order valence-corrected chi connectivity index (χ2v) is 5.82. The maximum atomic E-state index is 12.0. The number of hydrogen-bond acceptors (Lipinski definition) is 7. The molecule has 0 aliphatic rings. The zero-order valence-electron chi connectivity index (χ0n) is 13.7. The van der Waals surface area contributed by atoms with Crippen molar-refractivity contribution in [3.05, 3.63) is 46.4 Å². The van der Waals surface area contributed by atoms with Gasteiger partial charge in [-0.25, -0.2) is 4.98 Å². The summed E-state index contributed by atoms with van der Waals surface area (Å²) in [6, 6.07) is 8.13. The number of hydrogen-bond donors (Lipinski definition) is 2. The average Bonchev–Trinajstić information content (AvgIpc) is 2.60. The van der Waals surface area contributed by atoms with Gasteiger partial charge in [-0.1, -0.05) is 11.8 Å². The number of rotatable bonds is 7. The Bertz CT molecular complexity index is 804. The van der Waals surface area contributed by atoms with Crippen LogP contribution in [0.1, 0.15) is 5.69 Å². The molecule has 0 spiro atoms. The molecule has 2 N–H and O–H groups in total. The number of nitrogens with one attached hydrogen (secondary N) is 2. The molecule has 0 bridgehead atoms. The Kier molecular flexibility index (Phi) is 6.58. The lowest BCUT2D eigenvalue weighted by Gasteiger charge is -2.06. The van der Waals surface area contributed by atoms with E-state index in [-0.39, 0.29) is 28.9 Å². The summed E-state index contributed by atoms with van der Waals surface area (Å²) in [6.07, 6.45) is -0.105. The fourth-order valence-corrected chi connectivity index (χ4v) is 2.56. The van der Waals surface area contributed by atoms with Gasteiger partial charge in [0.05, 0.1) is 32.1 Å². The molecule has 25 heavy (non-hydrogen) atoms. The minimum absolute atomic E-state index is 0.0522. The van der Waals surface area contributed by atoms with Crippen LogP contribution in [0.15, 0.2) is 40.3 Å². The first kappa shape index (κ1) is 18.5. The molecular weight excluding hydrogens is 346 g/mol. The van der Waals surface area contributed by atoms with Gasteiger partial charge in [0.2, 0.25) is 5.91 Å². The number of carbonyl (C=O) groups excluding carboxylic acids is 2. The molecule has 1 amide bonds. The molecule has 0 aliphatic heterocycles. The van der Waals surface area contributed by atoms with Gasteiger partial charge >= 0.3 is 5.97 Å². The lowest BCUT2D eigenvalue weighted by molar-refractivity contribution is -0.139. The third-order valence-corrected chi connectivity index (χ3v) is 3.91. The smallest absolute Gasteiger partial charge is 0.311 e. The number of benzene rings is 1. The lowest BCUT2D eigenvalue weighted by Crippen LogP contribution is -2.16. The SMILES string of the molecule is COC(=O)Cc1cc(=O)[nH]c(SCC(=O)Nc2ccc(OC)cc2)n1. The summed E-state index contributed by atoms with van der Waals surface area (Å²) < 4.78 is 9.59. The molecule has 2 rings (SSSR count). The number of nitrogens with zero attached hydrogens (tertiary/aromatic N) is 1. The van der Waals surface area contributed by atoms with Crippen molar-refractivity contribution in [3.8, 4) is 5.75 Å². The van der Waals surface area contributed by atoms with Gasteiger partial charge in [0, 0.05) is 11.8 Å². The van der Waals surface area contributed by atoms with Crippen molar-refractivity contribution < 1.29 is 19.1 Å². The van der Waals surface area contributed by atoms with Crippen LogP contribution < -0.4 is 15.6 Å². The van der Waals surface area contributed by atoms with E-state index in [0.29, 0.717) is 11.4 Å². The van der Waals surface area contributed by atoms with Crippen LogP contribution in [0.2, 0.25) is 0 Å². The molecule has 0 radical (unpaired) electrons. The highest BCUT2D eigenvalue weighted by atomic mass is 32.2. The van der Waals surface area contributed by atoms with Crippen LogP contribution in [0.4, 0.5) is 5.69 Å². The van der Waals surface area contributed by atoms with Gasteiger partial charge in [-0.2, -0.15) is 0 Å². The molecule has 0 atom stereocenters. The first-order chi connectivity index (χ1) is 12.0. The summed E-state index contributed by atoms with van der Waals surface area (Å²) in [5, 5.41) is 2.99. The van der Waals surface area contributed by atoms with E-state index < -0.39 is 11.5 Å². The molecule has 9 heteroatoms. The number of anilines is 1. The summed E-state index contributed by atoms with van der Waals surface area (Å²) in [5.41, 5.74) is 0.521. The van der Waals surface area contributed by atoms with Crippen LogP contribution in [0.5, 0.6) is 5.75 Å². The molecule has 2 aromatic rings. The van der Waals surface area contributed by atoms with Crippen LogP contribution in [-0.2, 0) is 20.7 Å². The van der Waals surface area contributed by atoms with E-state index in [1.807, 2.05) is 0 Å². The molecule has 0 aliphatic carbocycles. The summed E-state index contributed by atoms with van der Waals surface area (Å²) >= 11 is 1.06. The van der Waals surface area contributed by atoms with Gasteiger partial charge < -0.3 is 19.8 Å². The maximum Gasteiger partial charge on any atom is 0.311 e. The number of ether oxygens (including phenoxy) is 2. The monoisotopic (exact) mass is 363 g/mol. The van der Waals surface area contributed by atoms with E-state index in [9.17, 15) is 14.4 Å². The van der Waals surface area contributed by atoms with Crippen LogP contribution in [0.3, 0.4) is 0 Å². The first-order valence-corrected chi connectivity index (χ1v) is 8.22. The van der Waals surface area contributed by atoms with Crippen molar-refractivity contribution in [3.63, 3.8) is 0 Å². The summed E-state index contributed by atoms with van der Waals surface area (Å²) in [5.74, 6) is -0.00420. The largest absolute Gasteiger partial charge is 0.497 e. The standard InChI is InChI=1S/C16H17N3O5S/c1-23-12-5-3-10(4-6-12)17-14(21)9-25-16-18-11(7-13(20)19-16)8-15(22)24-2/h3-7H,8-9H2,1-2H3,(H,17,21)(H,18,19,20). The molecule has 8 nitrogen and oxygen atoms in total. The Morgan fingerprint density at radius 2 is 1.96 bits per heavy atom. The van der Waals surface area contributed by atoms with Gasteiger partial charge in [0.25, 0.3) is 5.56 Å². The van der Waals surface area contributed by atoms with Crippen molar-refractivity contribution in [1.82, 2.24) is 9.97 Å². The predicted octanol–water partition coefficient (Wildman–Crippen LogP) is 1.22. The first-order valence-electron chi connectivity index (χ1n) is 7.24. The zero-order chi connectivity index (χ0) is 18.2. The number of aromatic amines is 1. The van der Waals surface area contributed by atoms with E-state index >= 15 is 0 Å². The van der Waals surface area contributed by atoms with E-state index in [4.69, 9.17) is 4.74 Å². The minimum Gasteiger partial charge on any atom is -0.497 e. The van der Waals surface area contributed by atoms with E-state index in [2.05, 4.69) is 20.0 Å². The molecule has 1 aromatic heterocycles. The molecule has 0 fully saturated rings. The van der Waals surface area contributed by atoms with Gasteiger partial charge in [0.15, 0.2) is 5.16 Å². The molecule has 0 unspecified atom stereocenters.